The Morgan fingerprint density at radius 2 is 1.52 bits per heavy atom. The van der Waals surface area contributed by atoms with Gasteiger partial charge in [-0.05, 0) is 50.2 Å². The summed E-state index contributed by atoms with van der Waals surface area (Å²) < 4.78 is 27.6. The normalized spacial score (nSPS) is 11.4. The van der Waals surface area contributed by atoms with E-state index in [1.165, 1.54) is 38.4 Å². The van der Waals surface area contributed by atoms with Crippen LogP contribution in [0.15, 0.2) is 65.6 Å². The Morgan fingerprint density at radius 1 is 0.871 bits per heavy atom. The molecule has 1 heterocycles. The molecule has 0 saturated heterocycles. The Kier molecular flexibility index (Phi) is 6.28. The summed E-state index contributed by atoms with van der Waals surface area (Å²) >= 11 is 0. The van der Waals surface area contributed by atoms with Crippen LogP contribution in [0.25, 0.3) is 5.69 Å². The number of amides is 2. The van der Waals surface area contributed by atoms with Gasteiger partial charge in [0.1, 0.15) is 0 Å². The highest BCUT2D eigenvalue weighted by molar-refractivity contribution is 7.89. The van der Waals surface area contributed by atoms with E-state index >= 15 is 0 Å². The van der Waals surface area contributed by atoms with Crippen LogP contribution in [0.3, 0.4) is 0 Å². The molecule has 0 atom stereocenters. The van der Waals surface area contributed by atoms with Crippen molar-refractivity contribution in [2.45, 2.75) is 18.7 Å². The largest absolute Gasteiger partial charge is 0.318 e. The molecule has 162 valence electrons. The monoisotopic (exact) mass is 440 g/mol. The molecule has 0 aliphatic rings. The van der Waals surface area contributed by atoms with Gasteiger partial charge in [0.05, 0.1) is 10.5 Å². The summed E-state index contributed by atoms with van der Waals surface area (Å²) in [5.41, 5.74) is 7.81. The Balaban J connectivity index is 1.76. The van der Waals surface area contributed by atoms with Crippen molar-refractivity contribution in [1.29, 1.82) is 0 Å². The van der Waals surface area contributed by atoms with E-state index in [0.29, 0.717) is 5.56 Å². The third-order valence-electron chi connectivity index (χ3n) is 4.85. The van der Waals surface area contributed by atoms with Gasteiger partial charge in [0.2, 0.25) is 10.0 Å². The van der Waals surface area contributed by atoms with Crippen molar-refractivity contribution >= 4 is 21.8 Å². The second-order valence-corrected chi connectivity index (χ2v) is 9.33. The lowest BCUT2D eigenvalue weighted by Gasteiger charge is -2.13. The van der Waals surface area contributed by atoms with Gasteiger partial charge >= 0.3 is 0 Å². The number of carbonyl (C=O) groups is 2. The van der Waals surface area contributed by atoms with Crippen LogP contribution < -0.4 is 10.9 Å². The van der Waals surface area contributed by atoms with Crippen molar-refractivity contribution in [3.05, 3.63) is 83.2 Å². The molecule has 3 aromatic rings. The molecule has 9 heteroatoms. The molecule has 0 saturated carbocycles. The first-order valence-electron chi connectivity index (χ1n) is 9.50. The van der Waals surface area contributed by atoms with Crippen molar-refractivity contribution in [2.75, 3.05) is 14.1 Å². The molecule has 2 N–H and O–H groups in total. The number of nitrogens with one attached hydrogen (secondary N) is 2. The molecule has 0 spiro atoms. The first kappa shape index (κ1) is 22.3. The minimum absolute atomic E-state index is 0.0112. The van der Waals surface area contributed by atoms with Gasteiger partial charge in [-0.2, -0.15) is 0 Å². The minimum atomic E-state index is -3.68. The number of hydrogen-bond acceptors (Lipinski definition) is 4. The van der Waals surface area contributed by atoms with Gasteiger partial charge in [-0.3, -0.25) is 20.4 Å². The molecule has 0 bridgehead atoms. The maximum atomic E-state index is 12.7. The van der Waals surface area contributed by atoms with Crippen LogP contribution in [0.1, 0.15) is 32.1 Å². The Morgan fingerprint density at radius 3 is 2.16 bits per heavy atom. The molecule has 31 heavy (non-hydrogen) atoms. The molecule has 0 fully saturated rings. The number of nitrogens with zero attached hydrogens (tertiary/aromatic N) is 2. The van der Waals surface area contributed by atoms with E-state index in [1.807, 2.05) is 48.7 Å². The van der Waals surface area contributed by atoms with E-state index in [9.17, 15) is 18.0 Å². The van der Waals surface area contributed by atoms with E-state index in [1.54, 1.807) is 6.07 Å². The average molecular weight is 441 g/mol. The lowest BCUT2D eigenvalue weighted by Crippen LogP contribution is -2.41. The van der Waals surface area contributed by atoms with Gasteiger partial charge in [-0.15, -0.1) is 0 Å². The number of aromatic nitrogens is 1. The van der Waals surface area contributed by atoms with Crippen molar-refractivity contribution in [1.82, 2.24) is 19.7 Å². The van der Waals surface area contributed by atoms with Gasteiger partial charge in [-0.25, -0.2) is 12.7 Å². The highest BCUT2D eigenvalue weighted by atomic mass is 32.2. The topological polar surface area (TPSA) is 101 Å². The molecule has 8 nitrogen and oxygen atoms in total. The molecule has 0 radical (unpaired) electrons. The summed E-state index contributed by atoms with van der Waals surface area (Å²) in [6.07, 6.45) is 0. The summed E-state index contributed by atoms with van der Waals surface area (Å²) in [7, 11) is -0.856. The lowest BCUT2D eigenvalue weighted by molar-refractivity contribution is 0.0846. The van der Waals surface area contributed by atoms with E-state index in [-0.39, 0.29) is 10.5 Å². The van der Waals surface area contributed by atoms with Crippen LogP contribution in [0, 0.1) is 13.8 Å². The molecular weight excluding hydrogens is 416 g/mol. The molecule has 0 aliphatic carbocycles. The number of carbonyl (C=O) groups excluding carboxylic acids is 2. The first-order chi connectivity index (χ1) is 14.6. The van der Waals surface area contributed by atoms with Gasteiger partial charge in [0, 0.05) is 36.7 Å². The number of sulfonamides is 1. The zero-order valence-corrected chi connectivity index (χ0v) is 18.5. The van der Waals surface area contributed by atoms with Gasteiger partial charge in [0.15, 0.2) is 0 Å². The van der Waals surface area contributed by atoms with Crippen LogP contribution in [0.2, 0.25) is 0 Å². The molecule has 0 aliphatic heterocycles. The van der Waals surface area contributed by atoms with Crippen LogP contribution >= 0.6 is 0 Å². The highest BCUT2D eigenvalue weighted by Gasteiger charge is 2.20. The quantitative estimate of drug-likeness (QED) is 0.595. The van der Waals surface area contributed by atoms with Crippen molar-refractivity contribution < 1.29 is 18.0 Å². The predicted molar refractivity (Wildman–Crippen MR) is 117 cm³/mol. The maximum absolute atomic E-state index is 12.7. The number of benzene rings is 2. The van der Waals surface area contributed by atoms with E-state index in [4.69, 9.17) is 0 Å². The number of rotatable bonds is 5. The summed E-state index contributed by atoms with van der Waals surface area (Å²) in [6, 6.07) is 17.0. The summed E-state index contributed by atoms with van der Waals surface area (Å²) in [6.45, 7) is 3.72. The smallest absolute Gasteiger partial charge is 0.271 e. The Bertz CT molecular complexity index is 1230. The van der Waals surface area contributed by atoms with E-state index in [0.717, 1.165) is 21.4 Å². The maximum Gasteiger partial charge on any atom is 0.271 e. The summed E-state index contributed by atoms with van der Waals surface area (Å²) in [4.78, 5) is 25.1. The zero-order chi connectivity index (χ0) is 22.8. The predicted octanol–water partition coefficient (Wildman–Crippen LogP) is 2.42. The summed E-state index contributed by atoms with van der Waals surface area (Å²) in [5.74, 6) is -1.10. The van der Waals surface area contributed by atoms with Crippen molar-refractivity contribution in [2.24, 2.45) is 0 Å². The van der Waals surface area contributed by atoms with E-state index in [2.05, 4.69) is 10.9 Å². The number of hydrogen-bond donors (Lipinski definition) is 2. The molecule has 3 rings (SSSR count). The standard InChI is InChI=1S/C22H24N4O4S/c1-15-13-20(16(2)26(15)18-10-6-5-7-11-18)22(28)24-23-21(27)17-9-8-12-19(14-17)31(29,30)25(3)4/h5-14H,1-4H3,(H,23,27)(H,24,28). The van der Waals surface area contributed by atoms with Crippen LogP contribution in [0.4, 0.5) is 0 Å². The Hall–Kier alpha value is -3.43. The van der Waals surface area contributed by atoms with E-state index < -0.39 is 21.8 Å². The molecule has 1 aromatic heterocycles. The van der Waals surface area contributed by atoms with Crippen LogP contribution in [-0.4, -0.2) is 43.2 Å². The van der Waals surface area contributed by atoms with Gasteiger partial charge < -0.3 is 4.57 Å². The molecule has 2 amide bonds. The average Bonchev–Trinajstić information content (AvgIpc) is 3.06. The lowest BCUT2D eigenvalue weighted by atomic mass is 10.2. The number of aryl methyl sites for hydroxylation is 1. The second kappa shape index (κ2) is 8.75. The van der Waals surface area contributed by atoms with Gasteiger partial charge in [0.25, 0.3) is 11.8 Å². The van der Waals surface area contributed by atoms with Gasteiger partial charge in [-0.1, -0.05) is 24.3 Å². The molecule has 0 unspecified atom stereocenters. The van der Waals surface area contributed by atoms with Crippen LogP contribution in [-0.2, 0) is 10.0 Å². The van der Waals surface area contributed by atoms with Crippen molar-refractivity contribution in [3.8, 4) is 5.69 Å². The fourth-order valence-corrected chi connectivity index (χ4v) is 4.18. The summed E-state index contributed by atoms with van der Waals surface area (Å²) in [5, 5.41) is 0. The van der Waals surface area contributed by atoms with Crippen LogP contribution in [0.5, 0.6) is 0 Å². The minimum Gasteiger partial charge on any atom is -0.318 e. The number of para-hydroxylation sites is 1. The molecule has 2 aromatic carbocycles. The highest BCUT2D eigenvalue weighted by Crippen LogP contribution is 2.20. The first-order valence-corrected chi connectivity index (χ1v) is 10.9. The fraction of sp³-hybridized carbons (Fsp3) is 0.182. The number of hydrazine groups is 1. The zero-order valence-electron chi connectivity index (χ0n) is 17.7. The third kappa shape index (κ3) is 4.52. The fourth-order valence-electron chi connectivity index (χ4n) is 3.23. The second-order valence-electron chi connectivity index (χ2n) is 7.18. The molecular formula is C22H24N4O4S. The third-order valence-corrected chi connectivity index (χ3v) is 6.67. The van der Waals surface area contributed by atoms with Crippen molar-refractivity contribution in [3.63, 3.8) is 0 Å². The Labute approximate surface area is 181 Å². The SMILES string of the molecule is Cc1cc(C(=O)NNC(=O)c2cccc(S(=O)(=O)N(C)C)c2)c(C)n1-c1ccccc1.